The van der Waals surface area contributed by atoms with Crippen LogP contribution in [-0.4, -0.2) is 22.1 Å². The number of pyridine rings is 1. The lowest BCUT2D eigenvalue weighted by molar-refractivity contribution is -0.128. The standard InChI is InChI=1S/C15H14F2N2O3/c1-9(20)14(21)19-8-10-3-2-6-18-15(10)22-11-4-5-12(16)13(17)7-11/h2-7,9,20H,8H2,1H3,(H,19,21). The molecule has 0 aliphatic rings. The summed E-state index contributed by atoms with van der Waals surface area (Å²) in [4.78, 5) is 15.4. The molecule has 2 rings (SSSR count). The van der Waals surface area contributed by atoms with E-state index in [2.05, 4.69) is 10.3 Å². The SMILES string of the molecule is CC(O)C(=O)NCc1cccnc1Oc1ccc(F)c(F)c1. The molecule has 1 heterocycles. The summed E-state index contributed by atoms with van der Waals surface area (Å²) in [7, 11) is 0. The molecule has 0 aliphatic heterocycles. The first-order valence-electron chi connectivity index (χ1n) is 6.50. The average Bonchev–Trinajstić information content (AvgIpc) is 2.49. The molecule has 2 aromatic rings. The van der Waals surface area contributed by atoms with Crippen LogP contribution in [-0.2, 0) is 11.3 Å². The fourth-order valence-electron chi connectivity index (χ4n) is 1.63. The first kappa shape index (κ1) is 15.8. The van der Waals surface area contributed by atoms with Crippen LogP contribution in [0.15, 0.2) is 36.5 Å². The molecule has 116 valence electrons. The van der Waals surface area contributed by atoms with Gasteiger partial charge in [0.1, 0.15) is 11.9 Å². The van der Waals surface area contributed by atoms with Gasteiger partial charge in [-0.2, -0.15) is 0 Å². The van der Waals surface area contributed by atoms with E-state index in [0.29, 0.717) is 5.56 Å². The first-order chi connectivity index (χ1) is 10.5. The van der Waals surface area contributed by atoms with E-state index >= 15 is 0 Å². The van der Waals surface area contributed by atoms with Crippen LogP contribution in [0.1, 0.15) is 12.5 Å². The van der Waals surface area contributed by atoms with Gasteiger partial charge in [0, 0.05) is 24.4 Å². The number of carbonyl (C=O) groups is 1. The molecule has 1 amide bonds. The normalized spacial score (nSPS) is 11.8. The third-order valence-electron chi connectivity index (χ3n) is 2.79. The van der Waals surface area contributed by atoms with E-state index in [9.17, 15) is 13.6 Å². The number of nitrogens with one attached hydrogen (secondary N) is 1. The molecule has 0 bridgehead atoms. The predicted molar refractivity (Wildman–Crippen MR) is 74.2 cm³/mol. The number of hydrogen-bond acceptors (Lipinski definition) is 4. The maximum absolute atomic E-state index is 13.2. The van der Waals surface area contributed by atoms with Gasteiger partial charge < -0.3 is 15.2 Å². The number of hydrogen-bond donors (Lipinski definition) is 2. The lowest BCUT2D eigenvalue weighted by Crippen LogP contribution is -2.32. The van der Waals surface area contributed by atoms with Crippen molar-refractivity contribution in [1.82, 2.24) is 10.3 Å². The Balaban J connectivity index is 2.14. The Morgan fingerprint density at radius 1 is 1.36 bits per heavy atom. The molecule has 0 spiro atoms. The third kappa shape index (κ3) is 3.98. The summed E-state index contributed by atoms with van der Waals surface area (Å²) >= 11 is 0. The zero-order valence-electron chi connectivity index (χ0n) is 11.7. The summed E-state index contributed by atoms with van der Waals surface area (Å²) in [5.41, 5.74) is 0.529. The van der Waals surface area contributed by atoms with Crippen molar-refractivity contribution < 1.29 is 23.4 Å². The zero-order chi connectivity index (χ0) is 16.1. The van der Waals surface area contributed by atoms with Crippen molar-refractivity contribution in [3.05, 3.63) is 53.7 Å². The van der Waals surface area contributed by atoms with Crippen LogP contribution in [0.4, 0.5) is 8.78 Å². The first-order valence-corrected chi connectivity index (χ1v) is 6.50. The van der Waals surface area contributed by atoms with Crippen molar-refractivity contribution in [2.24, 2.45) is 0 Å². The maximum Gasteiger partial charge on any atom is 0.248 e. The fraction of sp³-hybridized carbons (Fsp3) is 0.200. The summed E-state index contributed by atoms with van der Waals surface area (Å²) in [6.07, 6.45) is 0.335. The smallest absolute Gasteiger partial charge is 0.248 e. The summed E-state index contributed by atoms with van der Waals surface area (Å²) in [5, 5.41) is 11.6. The Labute approximate surface area is 125 Å². The van der Waals surface area contributed by atoms with Gasteiger partial charge in [0.15, 0.2) is 11.6 Å². The largest absolute Gasteiger partial charge is 0.439 e. The van der Waals surface area contributed by atoms with Gasteiger partial charge in [-0.15, -0.1) is 0 Å². The molecule has 1 aromatic carbocycles. The van der Waals surface area contributed by atoms with Crippen LogP contribution in [0.25, 0.3) is 0 Å². The number of carbonyl (C=O) groups excluding carboxylic acids is 1. The molecule has 0 saturated heterocycles. The van der Waals surface area contributed by atoms with Crippen LogP contribution in [0.2, 0.25) is 0 Å². The highest BCUT2D eigenvalue weighted by Gasteiger charge is 2.12. The molecule has 0 fully saturated rings. The van der Waals surface area contributed by atoms with Crippen LogP contribution >= 0.6 is 0 Å². The van der Waals surface area contributed by atoms with E-state index in [-0.39, 0.29) is 18.2 Å². The van der Waals surface area contributed by atoms with Gasteiger partial charge in [-0.1, -0.05) is 6.07 Å². The van der Waals surface area contributed by atoms with Gasteiger partial charge in [-0.25, -0.2) is 13.8 Å². The number of aliphatic hydroxyl groups excluding tert-OH is 1. The number of aromatic nitrogens is 1. The molecule has 5 nitrogen and oxygen atoms in total. The van der Waals surface area contributed by atoms with E-state index in [0.717, 1.165) is 12.1 Å². The summed E-state index contributed by atoms with van der Waals surface area (Å²) in [6, 6.07) is 6.42. The molecule has 0 saturated carbocycles. The number of amides is 1. The number of rotatable bonds is 5. The quantitative estimate of drug-likeness (QED) is 0.888. The van der Waals surface area contributed by atoms with Gasteiger partial charge in [0.05, 0.1) is 0 Å². The molecule has 1 atom stereocenters. The van der Waals surface area contributed by atoms with Crippen LogP contribution in [0, 0.1) is 11.6 Å². The van der Waals surface area contributed by atoms with E-state index in [1.54, 1.807) is 12.1 Å². The summed E-state index contributed by atoms with van der Waals surface area (Å²) in [6.45, 7) is 1.42. The lowest BCUT2D eigenvalue weighted by Gasteiger charge is -2.11. The summed E-state index contributed by atoms with van der Waals surface area (Å²) < 4.78 is 31.5. The summed E-state index contributed by atoms with van der Waals surface area (Å²) in [5.74, 6) is -2.31. The second kappa shape index (κ2) is 6.95. The molecule has 2 N–H and O–H groups in total. The molecule has 7 heteroatoms. The van der Waals surface area contributed by atoms with Gasteiger partial charge in [0.2, 0.25) is 11.8 Å². The van der Waals surface area contributed by atoms with Crippen molar-refractivity contribution in [1.29, 1.82) is 0 Å². The molecule has 0 aliphatic carbocycles. The maximum atomic E-state index is 13.2. The van der Waals surface area contributed by atoms with E-state index in [1.807, 2.05) is 0 Å². The number of aliphatic hydroxyl groups is 1. The Morgan fingerprint density at radius 2 is 2.14 bits per heavy atom. The van der Waals surface area contributed by atoms with Gasteiger partial charge in [-0.3, -0.25) is 4.79 Å². The molecule has 1 unspecified atom stereocenters. The molecule has 0 radical (unpaired) electrons. The second-order valence-corrected chi connectivity index (χ2v) is 4.54. The van der Waals surface area contributed by atoms with Crippen molar-refractivity contribution in [3.63, 3.8) is 0 Å². The minimum atomic E-state index is -1.13. The lowest BCUT2D eigenvalue weighted by atomic mass is 10.2. The average molecular weight is 308 g/mol. The molecule has 22 heavy (non-hydrogen) atoms. The minimum absolute atomic E-state index is 0.0799. The number of nitrogens with zero attached hydrogens (tertiary/aromatic N) is 1. The van der Waals surface area contributed by atoms with Crippen LogP contribution in [0.3, 0.4) is 0 Å². The third-order valence-corrected chi connectivity index (χ3v) is 2.79. The highest BCUT2D eigenvalue weighted by atomic mass is 19.2. The van der Waals surface area contributed by atoms with Gasteiger partial charge >= 0.3 is 0 Å². The highest BCUT2D eigenvalue weighted by Crippen LogP contribution is 2.24. The van der Waals surface area contributed by atoms with Crippen molar-refractivity contribution in [3.8, 4) is 11.6 Å². The Kier molecular flexibility index (Phi) is 5.00. The van der Waals surface area contributed by atoms with Crippen molar-refractivity contribution in [2.45, 2.75) is 19.6 Å². The van der Waals surface area contributed by atoms with E-state index < -0.39 is 23.6 Å². The minimum Gasteiger partial charge on any atom is -0.439 e. The second-order valence-electron chi connectivity index (χ2n) is 4.54. The van der Waals surface area contributed by atoms with Crippen LogP contribution in [0.5, 0.6) is 11.6 Å². The molecular weight excluding hydrogens is 294 g/mol. The number of halogens is 2. The number of ether oxygens (including phenoxy) is 1. The molecular formula is C15H14F2N2O3. The molecule has 1 aromatic heterocycles. The van der Waals surface area contributed by atoms with E-state index in [4.69, 9.17) is 9.84 Å². The zero-order valence-corrected chi connectivity index (χ0v) is 11.7. The Morgan fingerprint density at radius 3 is 2.82 bits per heavy atom. The Hall–Kier alpha value is -2.54. The van der Waals surface area contributed by atoms with E-state index in [1.165, 1.54) is 19.2 Å². The topological polar surface area (TPSA) is 71.5 Å². The monoisotopic (exact) mass is 308 g/mol. The van der Waals surface area contributed by atoms with Crippen LogP contribution < -0.4 is 10.1 Å². The van der Waals surface area contributed by atoms with Gasteiger partial charge in [0.25, 0.3) is 0 Å². The van der Waals surface area contributed by atoms with Crippen molar-refractivity contribution in [2.75, 3.05) is 0 Å². The van der Waals surface area contributed by atoms with Crippen molar-refractivity contribution >= 4 is 5.91 Å². The fourth-order valence-corrected chi connectivity index (χ4v) is 1.63. The number of benzene rings is 1. The Bertz CT molecular complexity index is 678. The predicted octanol–water partition coefficient (Wildman–Crippen LogP) is 2.15. The highest BCUT2D eigenvalue weighted by molar-refractivity contribution is 5.79. The van der Waals surface area contributed by atoms with Gasteiger partial charge in [-0.05, 0) is 25.1 Å².